The zero-order chi connectivity index (χ0) is 18.8. The number of rotatable bonds is 4. The summed E-state index contributed by atoms with van der Waals surface area (Å²) in [4.78, 5) is 22.2. The van der Waals surface area contributed by atoms with Crippen LogP contribution in [0.15, 0.2) is 54.7 Å². The average Bonchev–Trinajstić information content (AvgIpc) is 2.73. The van der Waals surface area contributed by atoms with E-state index in [0.717, 1.165) is 37.2 Å². The third-order valence-electron chi connectivity index (χ3n) is 5.53. The van der Waals surface area contributed by atoms with Crippen molar-refractivity contribution in [3.63, 3.8) is 0 Å². The van der Waals surface area contributed by atoms with Gasteiger partial charge in [0, 0.05) is 42.6 Å². The van der Waals surface area contributed by atoms with Crippen LogP contribution in [0, 0.1) is 16.0 Å². The fraction of sp³-hybridized carbons (Fsp3) is 0.333. The molecule has 2 heterocycles. The lowest BCUT2D eigenvalue weighted by Crippen LogP contribution is -2.40. The second-order valence-electron chi connectivity index (χ2n) is 7.15. The van der Waals surface area contributed by atoms with Gasteiger partial charge in [-0.25, -0.2) is 9.97 Å². The topological polar surface area (TPSA) is 72.2 Å². The maximum Gasteiger partial charge on any atom is 0.225 e. The molecular weight excluding hydrogens is 340 g/mol. The molecule has 1 fully saturated rings. The van der Waals surface area contributed by atoms with Crippen molar-refractivity contribution in [3.05, 3.63) is 64.8 Å². The van der Waals surface area contributed by atoms with Gasteiger partial charge in [0.05, 0.1) is 5.69 Å². The molecule has 6 nitrogen and oxygen atoms in total. The summed E-state index contributed by atoms with van der Waals surface area (Å²) in [6, 6.07) is 16.0. The van der Waals surface area contributed by atoms with Crippen LogP contribution in [0.2, 0.25) is 0 Å². The lowest BCUT2D eigenvalue weighted by atomic mass is 9.91. The zero-order valence-electron chi connectivity index (χ0n) is 15.3. The predicted octanol–water partition coefficient (Wildman–Crippen LogP) is 4.18. The maximum atomic E-state index is 11.0. The van der Waals surface area contributed by atoms with Gasteiger partial charge in [0.2, 0.25) is 12.0 Å². The van der Waals surface area contributed by atoms with Crippen LogP contribution in [0.3, 0.4) is 0 Å². The van der Waals surface area contributed by atoms with Crippen LogP contribution in [-0.2, 0) is 0 Å². The highest BCUT2D eigenvalue weighted by Gasteiger charge is 2.31. The molecule has 3 aromatic rings. The molecule has 6 heteroatoms. The van der Waals surface area contributed by atoms with E-state index in [9.17, 15) is 10.1 Å². The lowest BCUT2D eigenvalue weighted by Gasteiger charge is -2.32. The Morgan fingerprint density at radius 3 is 2.59 bits per heavy atom. The molecule has 0 N–H and O–H groups in total. The zero-order valence-corrected chi connectivity index (χ0v) is 15.3. The summed E-state index contributed by atoms with van der Waals surface area (Å²) < 4.78 is 0. The molecule has 0 aliphatic carbocycles. The minimum Gasteiger partial charge on any atom is -0.341 e. The molecule has 1 aliphatic rings. The Balaban J connectivity index is 1.53. The number of fused-ring (bicyclic) bond motifs is 1. The van der Waals surface area contributed by atoms with Crippen molar-refractivity contribution in [1.82, 2.24) is 9.97 Å². The molecule has 2 aromatic carbocycles. The Labute approximate surface area is 158 Å². The molecule has 0 radical (unpaired) electrons. The fourth-order valence-corrected chi connectivity index (χ4v) is 3.76. The Morgan fingerprint density at radius 2 is 1.85 bits per heavy atom. The number of hydrogen-bond donors (Lipinski definition) is 0. The third kappa shape index (κ3) is 3.60. The first-order valence-electron chi connectivity index (χ1n) is 9.32. The molecule has 1 saturated heterocycles. The van der Waals surface area contributed by atoms with Crippen LogP contribution in [-0.4, -0.2) is 34.0 Å². The normalized spacial score (nSPS) is 16.4. The molecule has 1 aromatic heterocycles. The van der Waals surface area contributed by atoms with E-state index in [1.54, 1.807) is 13.1 Å². The highest BCUT2D eigenvalue weighted by Crippen LogP contribution is 2.27. The van der Waals surface area contributed by atoms with Gasteiger partial charge in [0.25, 0.3) is 0 Å². The van der Waals surface area contributed by atoms with E-state index in [1.165, 1.54) is 10.8 Å². The summed E-state index contributed by atoms with van der Waals surface area (Å²) in [6.07, 6.45) is 3.38. The van der Waals surface area contributed by atoms with Gasteiger partial charge in [-0.2, -0.15) is 0 Å². The van der Waals surface area contributed by atoms with Gasteiger partial charge in [-0.15, -0.1) is 0 Å². The molecule has 1 unspecified atom stereocenters. The van der Waals surface area contributed by atoms with Crippen molar-refractivity contribution in [2.45, 2.75) is 25.8 Å². The van der Waals surface area contributed by atoms with Crippen LogP contribution < -0.4 is 4.90 Å². The standard InChI is InChI=1S/C21H22N4O2/c1-15(25(26)27)16-9-12-24(13-10-16)21-22-11-8-20(23-21)19-7-6-17-4-2-3-5-18(17)14-19/h2-8,11,14-16H,9-10,12-13H2,1H3. The Bertz CT molecular complexity index is 967. The van der Waals surface area contributed by atoms with Crippen molar-refractivity contribution in [3.8, 4) is 11.3 Å². The molecule has 27 heavy (non-hydrogen) atoms. The van der Waals surface area contributed by atoms with E-state index >= 15 is 0 Å². The largest absolute Gasteiger partial charge is 0.341 e. The van der Waals surface area contributed by atoms with Crippen molar-refractivity contribution in [2.24, 2.45) is 5.92 Å². The molecule has 1 aliphatic heterocycles. The first-order chi connectivity index (χ1) is 13.1. The SMILES string of the molecule is CC(C1CCN(c2nccc(-c3ccc4ccccc4c3)n2)CC1)[N+](=O)[O-]. The van der Waals surface area contributed by atoms with Gasteiger partial charge < -0.3 is 4.90 Å². The average molecular weight is 362 g/mol. The molecule has 1 atom stereocenters. The molecule has 0 spiro atoms. The Hall–Kier alpha value is -3.02. The number of nitrogens with zero attached hydrogens (tertiary/aromatic N) is 4. The molecule has 138 valence electrons. The third-order valence-corrected chi connectivity index (χ3v) is 5.53. The number of benzene rings is 2. The lowest BCUT2D eigenvalue weighted by molar-refractivity contribution is -0.528. The van der Waals surface area contributed by atoms with Gasteiger partial charge in [-0.3, -0.25) is 10.1 Å². The monoisotopic (exact) mass is 362 g/mol. The van der Waals surface area contributed by atoms with Crippen LogP contribution in [0.1, 0.15) is 19.8 Å². The summed E-state index contributed by atoms with van der Waals surface area (Å²) in [5, 5.41) is 13.4. The second kappa shape index (κ2) is 7.31. The summed E-state index contributed by atoms with van der Waals surface area (Å²) in [7, 11) is 0. The predicted molar refractivity (Wildman–Crippen MR) is 106 cm³/mol. The smallest absolute Gasteiger partial charge is 0.225 e. The first-order valence-corrected chi connectivity index (χ1v) is 9.32. The molecular formula is C21H22N4O2. The highest BCUT2D eigenvalue weighted by atomic mass is 16.6. The maximum absolute atomic E-state index is 11.0. The molecule has 0 bridgehead atoms. The second-order valence-corrected chi connectivity index (χ2v) is 7.15. The van der Waals surface area contributed by atoms with Crippen molar-refractivity contribution >= 4 is 16.7 Å². The van der Waals surface area contributed by atoms with Crippen molar-refractivity contribution in [2.75, 3.05) is 18.0 Å². The number of piperidine rings is 1. The summed E-state index contributed by atoms with van der Waals surface area (Å²) in [6.45, 7) is 3.21. The number of aromatic nitrogens is 2. The molecule has 4 rings (SSSR count). The quantitative estimate of drug-likeness (QED) is 0.514. The van der Waals surface area contributed by atoms with E-state index in [1.807, 2.05) is 18.2 Å². The van der Waals surface area contributed by atoms with Crippen LogP contribution in [0.4, 0.5) is 5.95 Å². The summed E-state index contributed by atoms with van der Waals surface area (Å²) in [5.74, 6) is 0.827. The number of hydrogen-bond acceptors (Lipinski definition) is 5. The Kier molecular flexibility index (Phi) is 4.71. The minimum atomic E-state index is -0.489. The van der Waals surface area contributed by atoms with E-state index in [2.05, 4.69) is 40.2 Å². The van der Waals surface area contributed by atoms with Gasteiger partial charge >= 0.3 is 0 Å². The van der Waals surface area contributed by atoms with E-state index in [4.69, 9.17) is 4.98 Å². The first kappa shape index (κ1) is 17.4. The van der Waals surface area contributed by atoms with Gasteiger partial charge in [0.1, 0.15) is 0 Å². The van der Waals surface area contributed by atoms with E-state index in [0.29, 0.717) is 5.95 Å². The van der Waals surface area contributed by atoms with Crippen LogP contribution >= 0.6 is 0 Å². The number of nitro groups is 1. The van der Waals surface area contributed by atoms with Crippen molar-refractivity contribution in [1.29, 1.82) is 0 Å². The highest BCUT2D eigenvalue weighted by molar-refractivity contribution is 5.86. The van der Waals surface area contributed by atoms with Gasteiger partial charge in [0.15, 0.2) is 0 Å². The summed E-state index contributed by atoms with van der Waals surface area (Å²) >= 11 is 0. The molecule has 0 amide bonds. The van der Waals surface area contributed by atoms with Crippen molar-refractivity contribution < 1.29 is 4.92 Å². The van der Waals surface area contributed by atoms with Crippen LogP contribution in [0.25, 0.3) is 22.0 Å². The van der Waals surface area contributed by atoms with Gasteiger partial charge in [-0.1, -0.05) is 36.4 Å². The van der Waals surface area contributed by atoms with Gasteiger partial charge in [-0.05, 0) is 35.7 Å². The Morgan fingerprint density at radius 1 is 1.11 bits per heavy atom. The fourth-order valence-electron chi connectivity index (χ4n) is 3.76. The molecule has 0 saturated carbocycles. The number of anilines is 1. The van der Waals surface area contributed by atoms with E-state index < -0.39 is 6.04 Å². The minimum absolute atomic E-state index is 0.125. The summed E-state index contributed by atoms with van der Waals surface area (Å²) in [5.41, 5.74) is 1.96. The van der Waals surface area contributed by atoms with E-state index in [-0.39, 0.29) is 10.8 Å². The van der Waals surface area contributed by atoms with Crippen LogP contribution in [0.5, 0.6) is 0 Å².